The van der Waals surface area contributed by atoms with E-state index in [4.69, 9.17) is 19.8 Å². The highest BCUT2D eigenvalue weighted by molar-refractivity contribution is 5.86. The van der Waals surface area contributed by atoms with E-state index in [9.17, 15) is 9.90 Å². The molecule has 1 amide bonds. The molecule has 1 rings (SSSR count). The van der Waals surface area contributed by atoms with Gasteiger partial charge in [-0.2, -0.15) is 0 Å². The molecule has 0 saturated heterocycles. The molecule has 7 nitrogen and oxygen atoms in total. The van der Waals surface area contributed by atoms with Gasteiger partial charge in [-0.3, -0.25) is 10.0 Å². The molecule has 0 spiro atoms. The molecule has 0 aliphatic rings. The predicted molar refractivity (Wildman–Crippen MR) is 87.6 cm³/mol. The van der Waals surface area contributed by atoms with Gasteiger partial charge in [-0.15, -0.1) is 0 Å². The third-order valence-corrected chi connectivity index (χ3v) is 3.29. The molecule has 132 valence electrons. The highest BCUT2D eigenvalue weighted by Gasteiger charge is 2.22. The van der Waals surface area contributed by atoms with Crippen molar-refractivity contribution in [1.29, 1.82) is 0 Å². The third-order valence-electron chi connectivity index (χ3n) is 3.29. The van der Waals surface area contributed by atoms with Crippen LogP contribution >= 0.6 is 0 Å². The molecule has 2 atom stereocenters. The number of hydrogen-bond donors (Lipinski definition) is 4. The van der Waals surface area contributed by atoms with Crippen molar-refractivity contribution in [2.24, 2.45) is 0 Å². The second-order valence-electron chi connectivity index (χ2n) is 4.99. The number of ether oxygens (including phenoxy) is 2. The van der Waals surface area contributed by atoms with Crippen LogP contribution in [0, 0.1) is 0 Å². The van der Waals surface area contributed by atoms with E-state index in [1.807, 2.05) is 0 Å². The van der Waals surface area contributed by atoms with Crippen molar-refractivity contribution < 1.29 is 29.7 Å². The number of rotatable bonds is 9. The summed E-state index contributed by atoms with van der Waals surface area (Å²) < 4.78 is 10.6. The first-order valence-electron chi connectivity index (χ1n) is 7.36. The average Bonchev–Trinajstić information content (AvgIpc) is 2.60. The fourth-order valence-corrected chi connectivity index (χ4v) is 2.08. The first-order chi connectivity index (χ1) is 11.5. The van der Waals surface area contributed by atoms with Crippen molar-refractivity contribution in [2.75, 3.05) is 20.3 Å². The molecule has 24 heavy (non-hydrogen) atoms. The molecule has 1 aromatic rings. The zero-order valence-electron chi connectivity index (χ0n) is 13.7. The largest absolute Gasteiger partial charge is 0.491 e. The Morgan fingerprint density at radius 2 is 2.00 bits per heavy atom. The van der Waals surface area contributed by atoms with E-state index in [-0.39, 0.29) is 13.2 Å². The molecule has 0 unspecified atom stereocenters. The van der Waals surface area contributed by atoms with Crippen molar-refractivity contribution in [3.05, 3.63) is 53.6 Å². The van der Waals surface area contributed by atoms with Crippen LogP contribution in [0.25, 0.3) is 0 Å². The van der Waals surface area contributed by atoms with Crippen molar-refractivity contribution in [3.8, 4) is 5.75 Å². The highest BCUT2D eigenvalue weighted by atomic mass is 16.5. The van der Waals surface area contributed by atoms with E-state index in [0.29, 0.717) is 16.9 Å². The van der Waals surface area contributed by atoms with Crippen LogP contribution in [-0.4, -0.2) is 47.8 Å². The van der Waals surface area contributed by atoms with Crippen LogP contribution in [0.5, 0.6) is 5.75 Å². The Hall–Kier alpha value is -2.19. The van der Waals surface area contributed by atoms with Gasteiger partial charge in [-0.1, -0.05) is 24.3 Å². The van der Waals surface area contributed by atoms with E-state index in [0.717, 1.165) is 6.08 Å². The topological polar surface area (TPSA) is 108 Å². The Morgan fingerprint density at radius 3 is 2.54 bits per heavy atom. The summed E-state index contributed by atoms with van der Waals surface area (Å²) >= 11 is 0. The lowest BCUT2D eigenvalue weighted by molar-refractivity contribution is -0.124. The number of amides is 1. The summed E-state index contributed by atoms with van der Waals surface area (Å²) in [7, 11) is 1.48. The Balaban J connectivity index is 2.81. The quantitative estimate of drug-likeness (QED) is 0.233. The van der Waals surface area contributed by atoms with E-state index in [1.54, 1.807) is 37.3 Å². The molecule has 0 saturated carbocycles. The van der Waals surface area contributed by atoms with Crippen LogP contribution in [-0.2, 0) is 9.53 Å². The summed E-state index contributed by atoms with van der Waals surface area (Å²) in [6.07, 6.45) is 2.71. The molecule has 0 aromatic heterocycles. The lowest BCUT2D eigenvalue weighted by Gasteiger charge is -2.23. The molecule has 4 N–H and O–H groups in total. The molecule has 7 heteroatoms. The van der Waals surface area contributed by atoms with Crippen LogP contribution in [0.2, 0.25) is 0 Å². The number of aliphatic hydroxyl groups excluding tert-OH is 2. The standard InChI is InChI=1S/C17H23NO6/c1-12(4-3-5-15(20)18-22)17(23-2)16(21)13-6-8-14(9-7-13)24-11-10-19/h3-9,16-17,19,21-22H,10-11H2,1-2H3,(H,18,20)/b5-3+,12-4+/t16-,17-/m1/s1. The number of carbonyl (C=O) groups is 1. The number of allylic oxidation sites excluding steroid dienone is 2. The smallest absolute Gasteiger partial charge is 0.267 e. The molecular formula is C17H23NO6. The van der Waals surface area contributed by atoms with Crippen molar-refractivity contribution in [1.82, 2.24) is 5.48 Å². The fraction of sp³-hybridized carbons (Fsp3) is 0.353. The van der Waals surface area contributed by atoms with Gasteiger partial charge in [0.25, 0.3) is 5.91 Å². The molecule has 1 aromatic carbocycles. The first-order valence-corrected chi connectivity index (χ1v) is 7.36. The minimum atomic E-state index is -0.904. The normalized spacial score (nSPS) is 14.5. The Labute approximate surface area is 140 Å². The lowest BCUT2D eigenvalue weighted by atomic mass is 9.98. The van der Waals surface area contributed by atoms with Crippen LogP contribution < -0.4 is 10.2 Å². The third kappa shape index (κ3) is 6.13. The van der Waals surface area contributed by atoms with E-state index >= 15 is 0 Å². The number of hydroxylamine groups is 1. The van der Waals surface area contributed by atoms with Gasteiger partial charge >= 0.3 is 0 Å². The van der Waals surface area contributed by atoms with Crippen LogP contribution in [0.3, 0.4) is 0 Å². The summed E-state index contributed by atoms with van der Waals surface area (Å²) in [4.78, 5) is 10.9. The Kier molecular flexibility index (Phi) is 8.74. The monoisotopic (exact) mass is 337 g/mol. The summed E-state index contributed by atoms with van der Waals surface area (Å²) in [5, 5.41) is 27.6. The summed E-state index contributed by atoms with van der Waals surface area (Å²) in [5.74, 6) is -0.0498. The average molecular weight is 337 g/mol. The number of hydrogen-bond acceptors (Lipinski definition) is 6. The summed E-state index contributed by atoms with van der Waals surface area (Å²) in [6.45, 7) is 1.90. The molecular weight excluding hydrogens is 314 g/mol. The van der Waals surface area contributed by atoms with Gasteiger partial charge in [0.2, 0.25) is 0 Å². The molecule has 0 fully saturated rings. The number of nitrogens with one attached hydrogen (secondary N) is 1. The zero-order valence-corrected chi connectivity index (χ0v) is 13.7. The predicted octanol–water partition coefficient (Wildman–Crippen LogP) is 1.11. The van der Waals surface area contributed by atoms with Crippen molar-refractivity contribution in [3.63, 3.8) is 0 Å². The molecule has 0 aliphatic carbocycles. The minimum Gasteiger partial charge on any atom is -0.491 e. The maximum Gasteiger partial charge on any atom is 0.267 e. The minimum absolute atomic E-state index is 0.0675. The fourth-order valence-electron chi connectivity index (χ4n) is 2.08. The van der Waals surface area contributed by atoms with Gasteiger partial charge in [0.05, 0.1) is 6.61 Å². The molecule has 0 aliphatic heterocycles. The van der Waals surface area contributed by atoms with Gasteiger partial charge in [-0.25, -0.2) is 5.48 Å². The number of carbonyl (C=O) groups excluding carboxylic acids is 1. The summed E-state index contributed by atoms with van der Waals surface area (Å²) in [5.41, 5.74) is 2.83. The van der Waals surface area contributed by atoms with Crippen LogP contribution in [0.4, 0.5) is 0 Å². The molecule has 0 heterocycles. The molecule has 0 radical (unpaired) electrons. The number of benzene rings is 1. The van der Waals surface area contributed by atoms with Gasteiger partial charge < -0.3 is 19.7 Å². The van der Waals surface area contributed by atoms with E-state index < -0.39 is 18.1 Å². The maximum absolute atomic E-state index is 10.9. The van der Waals surface area contributed by atoms with Gasteiger partial charge in [0.1, 0.15) is 24.6 Å². The van der Waals surface area contributed by atoms with Crippen molar-refractivity contribution in [2.45, 2.75) is 19.1 Å². The zero-order chi connectivity index (χ0) is 17.9. The van der Waals surface area contributed by atoms with Crippen LogP contribution in [0.1, 0.15) is 18.6 Å². The molecule has 0 bridgehead atoms. The van der Waals surface area contributed by atoms with Gasteiger partial charge in [0.15, 0.2) is 0 Å². The Morgan fingerprint density at radius 1 is 1.33 bits per heavy atom. The SMILES string of the molecule is CO[C@H](/C(C)=C/C=C/C(=O)NO)[C@H](O)c1ccc(OCCO)cc1. The van der Waals surface area contributed by atoms with E-state index in [2.05, 4.69) is 0 Å². The summed E-state index contributed by atoms with van der Waals surface area (Å²) in [6, 6.07) is 6.83. The second-order valence-corrected chi connectivity index (χ2v) is 4.99. The maximum atomic E-state index is 10.9. The number of methoxy groups -OCH3 is 1. The van der Waals surface area contributed by atoms with Gasteiger partial charge in [-0.05, 0) is 30.2 Å². The van der Waals surface area contributed by atoms with Gasteiger partial charge in [0, 0.05) is 13.2 Å². The lowest BCUT2D eigenvalue weighted by Crippen LogP contribution is -2.22. The number of aliphatic hydroxyl groups is 2. The second kappa shape index (κ2) is 10.6. The van der Waals surface area contributed by atoms with Crippen LogP contribution in [0.15, 0.2) is 48.1 Å². The van der Waals surface area contributed by atoms with E-state index in [1.165, 1.54) is 18.7 Å². The Bertz CT molecular complexity index is 567. The highest BCUT2D eigenvalue weighted by Crippen LogP contribution is 2.25. The first kappa shape index (κ1) is 19.9. The van der Waals surface area contributed by atoms with Crippen molar-refractivity contribution >= 4 is 5.91 Å².